The van der Waals surface area contributed by atoms with E-state index >= 15 is 0 Å². The van der Waals surface area contributed by atoms with Crippen molar-refractivity contribution in [1.82, 2.24) is 5.32 Å². The van der Waals surface area contributed by atoms with Gasteiger partial charge in [-0.1, -0.05) is 48.5 Å². The Morgan fingerprint density at radius 2 is 1.41 bits per heavy atom. The van der Waals surface area contributed by atoms with E-state index in [4.69, 9.17) is 0 Å². The zero-order chi connectivity index (χ0) is 23.9. The van der Waals surface area contributed by atoms with Crippen molar-refractivity contribution in [3.05, 3.63) is 118 Å². The van der Waals surface area contributed by atoms with Crippen LogP contribution in [0.25, 0.3) is 0 Å². The Balaban J connectivity index is 1.42. The molecule has 0 saturated heterocycles. The predicted octanol–water partition coefficient (Wildman–Crippen LogP) is 5.74. The molecule has 4 aromatic rings. The van der Waals surface area contributed by atoms with Crippen molar-refractivity contribution in [1.29, 1.82) is 0 Å². The first kappa shape index (κ1) is 22.9. The lowest BCUT2D eigenvalue weighted by Gasteiger charge is -2.16. The van der Waals surface area contributed by atoms with E-state index < -0.39 is 0 Å². The van der Waals surface area contributed by atoms with Crippen molar-refractivity contribution in [3.63, 3.8) is 0 Å². The summed E-state index contributed by atoms with van der Waals surface area (Å²) in [4.78, 5) is 38.5. The SMILES string of the molecule is CC(NC(=O)c1ccccc1NC(=O)c1ccc(NC(=O)c2cccs2)cc1)c1ccccc1. The molecule has 0 aliphatic rings. The maximum absolute atomic E-state index is 12.9. The van der Waals surface area contributed by atoms with Crippen LogP contribution < -0.4 is 16.0 Å². The molecule has 7 heteroatoms. The van der Waals surface area contributed by atoms with Crippen molar-refractivity contribution in [2.24, 2.45) is 0 Å². The molecule has 6 nitrogen and oxygen atoms in total. The normalized spacial score (nSPS) is 11.3. The van der Waals surface area contributed by atoms with Crippen LogP contribution in [0.1, 0.15) is 48.9 Å². The van der Waals surface area contributed by atoms with Gasteiger partial charge in [0.15, 0.2) is 0 Å². The number of para-hydroxylation sites is 1. The topological polar surface area (TPSA) is 87.3 Å². The second-order valence-electron chi connectivity index (χ2n) is 7.61. The van der Waals surface area contributed by atoms with E-state index in [1.165, 1.54) is 11.3 Å². The van der Waals surface area contributed by atoms with Crippen LogP contribution in [0.4, 0.5) is 11.4 Å². The molecule has 0 spiro atoms. The smallest absolute Gasteiger partial charge is 0.265 e. The van der Waals surface area contributed by atoms with Crippen LogP contribution in [0.15, 0.2) is 96.4 Å². The van der Waals surface area contributed by atoms with Crippen LogP contribution in [0.3, 0.4) is 0 Å². The average molecular weight is 470 g/mol. The van der Waals surface area contributed by atoms with Crippen LogP contribution in [-0.4, -0.2) is 17.7 Å². The van der Waals surface area contributed by atoms with Gasteiger partial charge in [-0.15, -0.1) is 11.3 Å². The van der Waals surface area contributed by atoms with Gasteiger partial charge >= 0.3 is 0 Å². The molecule has 170 valence electrons. The van der Waals surface area contributed by atoms with E-state index in [-0.39, 0.29) is 23.8 Å². The molecule has 0 aliphatic carbocycles. The van der Waals surface area contributed by atoms with Crippen molar-refractivity contribution >= 4 is 40.4 Å². The minimum absolute atomic E-state index is 0.186. The number of carbonyl (C=O) groups is 3. The van der Waals surface area contributed by atoms with E-state index in [1.807, 2.05) is 48.7 Å². The quantitative estimate of drug-likeness (QED) is 0.322. The summed E-state index contributed by atoms with van der Waals surface area (Å²) in [6.07, 6.45) is 0. The molecule has 1 aromatic heterocycles. The molecule has 1 unspecified atom stereocenters. The van der Waals surface area contributed by atoms with Gasteiger partial charge in [0.25, 0.3) is 17.7 Å². The fourth-order valence-corrected chi connectivity index (χ4v) is 4.01. The Labute approximate surface area is 201 Å². The minimum atomic E-state index is -0.354. The Morgan fingerprint density at radius 3 is 2.12 bits per heavy atom. The second kappa shape index (κ2) is 10.6. The van der Waals surface area contributed by atoms with E-state index in [1.54, 1.807) is 54.6 Å². The highest BCUT2D eigenvalue weighted by molar-refractivity contribution is 7.12. The number of amides is 3. The molecule has 3 N–H and O–H groups in total. The molecule has 4 rings (SSSR count). The second-order valence-corrected chi connectivity index (χ2v) is 8.56. The molecule has 3 aromatic carbocycles. The van der Waals surface area contributed by atoms with Crippen molar-refractivity contribution in [3.8, 4) is 0 Å². The molecule has 0 saturated carbocycles. The molecule has 34 heavy (non-hydrogen) atoms. The summed E-state index contributed by atoms with van der Waals surface area (Å²) in [5.74, 6) is -0.830. The van der Waals surface area contributed by atoms with Crippen molar-refractivity contribution in [2.75, 3.05) is 10.6 Å². The number of hydrogen-bond donors (Lipinski definition) is 3. The average Bonchev–Trinajstić information content (AvgIpc) is 3.40. The third-order valence-corrected chi connectivity index (χ3v) is 6.09. The number of rotatable bonds is 7. The van der Waals surface area contributed by atoms with E-state index in [9.17, 15) is 14.4 Å². The van der Waals surface area contributed by atoms with Crippen LogP contribution in [0.2, 0.25) is 0 Å². The third kappa shape index (κ3) is 5.57. The van der Waals surface area contributed by atoms with Gasteiger partial charge < -0.3 is 16.0 Å². The summed E-state index contributed by atoms with van der Waals surface area (Å²) in [6, 6.07) is 26.5. The Bertz CT molecular complexity index is 1290. The molecule has 1 atom stereocenters. The fourth-order valence-electron chi connectivity index (χ4n) is 3.39. The van der Waals surface area contributed by atoms with Crippen LogP contribution in [0, 0.1) is 0 Å². The van der Waals surface area contributed by atoms with Gasteiger partial charge in [0.05, 0.1) is 22.2 Å². The molecular formula is C27H23N3O3S. The first-order chi connectivity index (χ1) is 16.5. The molecule has 0 radical (unpaired) electrons. The lowest BCUT2D eigenvalue weighted by atomic mass is 10.1. The van der Waals surface area contributed by atoms with Gasteiger partial charge in [-0.05, 0) is 60.3 Å². The number of benzene rings is 3. The van der Waals surface area contributed by atoms with Crippen molar-refractivity contribution < 1.29 is 14.4 Å². The highest BCUT2D eigenvalue weighted by Crippen LogP contribution is 2.20. The number of anilines is 2. The molecule has 0 bridgehead atoms. The Morgan fingerprint density at radius 1 is 0.706 bits per heavy atom. The van der Waals surface area contributed by atoms with E-state index in [0.29, 0.717) is 27.4 Å². The zero-order valence-corrected chi connectivity index (χ0v) is 19.3. The highest BCUT2D eigenvalue weighted by atomic mass is 32.1. The summed E-state index contributed by atoms with van der Waals surface area (Å²) < 4.78 is 0. The van der Waals surface area contributed by atoms with Crippen LogP contribution >= 0.6 is 11.3 Å². The van der Waals surface area contributed by atoms with Gasteiger partial charge in [0, 0.05) is 11.3 Å². The summed E-state index contributed by atoms with van der Waals surface area (Å²) in [7, 11) is 0. The predicted molar refractivity (Wildman–Crippen MR) is 135 cm³/mol. The molecular weight excluding hydrogens is 446 g/mol. The third-order valence-electron chi connectivity index (χ3n) is 5.22. The first-order valence-electron chi connectivity index (χ1n) is 10.7. The van der Waals surface area contributed by atoms with Gasteiger partial charge in [-0.3, -0.25) is 14.4 Å². The lowest BCUT2D eigenvalue weighted by molar-refractivity contribution is 0.0940. The van der Waals surface area contributed by atoms with Crippen LogP contribution in [0.5, 0.6) is 0 Å². The van der Waals surface area contributed by atoms with E-state index in [0.717, 1.165) is 5.56 Å². The number of nitrogens with one attached hydrogen (secondary N) is 3. The monoisotopic (exact) mass is 469 g/mol. The first-order valence-corrected chi connectivity index (χ1v) is 11.6. The summed E-state index contributed by atoms with van der Waals surface area (Å²) >= 11 is 1.36. The standard InChI is InChI=1S/C27H23N3O3S/c1-18(19-8-3-2-4-9-19)28-26(32)22-10-5-6-11-23(22)30-25(31)20-13-15-21(16-14-20)29-27(33)24-12-7-17-34-24/h2-18H,1H3,(H,28,32)(H,29,33)(H,30,31). The summed E-state index contributed by atoms with van der Waals surface area (Å²) in [5, 5.41) is 10.4. The maximum Gasteiger partial charge on any atom is 0.265 e. The minimum Gasteiger partial charge on any atom is -0.345 e. The molecule has 0 aliphatic heterocycles. The van der Waals surface area contributed by atoms with Crippen LogP contribution in [-0.2, 0) is 0 Å². The van der Waals surface area contributed by atoms with E-state index in [2.05, 4.69) is 16.0 Å². The van der Waals surface area contributed by atoms with Gasteiger partial charge in [0.2, 0.25) is 0 Å². The number of thiophene rings is 1. The summed E-state index contributed by atoms with van der Waals surface area (Å²) in [5.41, 5.74) is 2.77. The molecule has 1 heterocycles. The lowest BCUT2D eigenvalue weighted by Crippen LogP contribution is -2.28. The zero-order valence-electron chi connectivity index (χ0n) is 18.4. The van der Waals surface area contributed by atoms with Gasteiger partial charge in [0.1, 0.15) is 0 Å². The molecule has 0 fully saturated rings. The highest BCUT2D eigenvalue weighted by Gasteiger charge is 2.17. The number of carbonyl (C=O) groups excluding carboxylic acids is 3. The van der Waals surface area contributed by atoms with Gasteiger partial charge in [-0.2, -0.15) is 0 Å². The Kier molecular flexibility index (Phi) is 7.15. The number of hydrogen-bond acceptors (Lipinski definition) is 4. The summed E-state index contributed by atoms with van der Waals surface area (Å²) in [6.45, 7) is 1.91. The fraction of sp³-hybridized carbons (Fsp3) is 0.0741. The maximum atomic E-state index is 12.9. The van der Waals surface area contributed by atoms with Gasteiger partial charge in [-0.25, -0.2) is 0 Å². The Hall–Kier alpha value is -4.23. The molecule has 3 amide bonds. The largest absolute Gasteiger partial charge is 0.345 e. The van der Waals surface area contributed by atoms with Crippen molar-refractivity contribution in [2.45, 2.75) is 13.0 Å².